The molecule has 1 fully saturated rings. The average molecular weight is 333 g/mol. The summed E-state index contributed by atoms with van der Waals surface area (Å²) in [6, 6.07) is 5.97. The van der Waals surface area contributed by atoms with E-state index in [1.165, 1.54) is 0 Å². The summed E-state index contributed by atoms with van der Waals surface area (Å²) >= 11 is 0. The van der Waals surface area contributed by atoms with Crippen LogP contribution < -0.4 is 20.9 Å². The van der Waals surface area contributed by atoms with E-state index in [0.717, 1.165) is 31.7 Å². The van der Waals surface area contributed by atoms with Gasteiger partial charge in [-0.1, -0.05) is 6.07 Å². The van der Waals surface area contributed by atoms with Gasteiger partial charge in [0.15, 0.2) is 0 Å². The number of carbonyl (C=O) groups is 2. The number of nitrogens with one attached hydrogen (secondary N) is 3. The first-order valence-corrected chi connectivity index (χ1v) is 8.54. The minimum absolute atomic E-state index is 0.0473. The van der Waals surface area contributed by atoms with Crippen LogP contribution in [0.2, 0.25) is 0 Å². The molecule has 2 rings (SSSR count). The highest BCUT2D eigenvalue weighted by molar-refractivity contribution is 5.78. The van der Waals surface area contributed by atoms with Crippen LogP contribution in [0.5, 0.6) is 0 Å². The van der Waals surface area contributed by atoms with Crippen molar-refractivity contribution in [1.82, 2.24) is 20.9 Å². The number of anilines is 1. The Labute approximate surface area is 143 Å². The van der Waals surface area contributed by atoms with Gasteiger partial charge in [0.2, 0.25) is 5.91 Å². The van der Waals surface area contributed by atoms with Gasteiger partial charge in [-0.25, -0.2) is 9.78 Å². The van der Waals surface area contributed by atoms with Crippen LogP contribution >= 0.6 is 0 Å². The van der Waals surface area contributed by atoms with Gasteiger partial charge in [-0.05, 0) is 38.8 Å². The second-order valence-electron chi connectivity index (χ2n) is 6.32. The summed E-state index contributed by atoms with van der Waals surface area (Å²) in [5.41, 5.74) is 0. The molecule has 1 saturated heterocycles. The van der Waals surface area contributed by atoms with Gasteiger partial charge < -0.3 is 20.9 Å². The molecule has 0 unspecified atom stereocenters. The Morgan fingerprint density at radius 3 is 2.67 bits per heavy atom. The molecule has 132 valence electrons. The number of urea groups is 1. The number of pyridine rings is 1. The molecule has 0 spiro atoms. The summed E-state index contributed by atoms with van der Waals surface area (Å²) in [5, 5.41) is 8.51. The Balaban J connectivity index is 1.63. The molecule has 3 N–H and O–H groups in total. The molecule has 0 saturated carbocycles. The standard InChI is InChI=1S/C17H27N5O2/c1-13(2)20-16(23)6-10-19-17(24)21-14-7-11-22(12-8-14)15-5-3-4-9-18-15/h3-5,9,13-14H,6-8,10-12H2,1-2H3,(H,20,23)(H2,19,21,24). The second-order valence-corrected chi connectivity index (χ2v) is 6.32. The first-order valence-electron chi connectivity index (χ1n) is 8.54. The fraction of sp³-hybridized carbons (Fsp3) is 0.588. The molecular weight excluding hydrogens is 306 g/mol. The Bertz CT molecular complexity index is 527. The summed E-state index contributed by atoms with van der Waals surface area (Å²) in [4.78, 5) is 30.0. The summed E-state index contributed by atoms with van der Waals surface area (Å²) in [7, 11) is 0. The molecule has 3 amide bonds. The number of nitrogens with zero attached hydrogens (tertiary/aromatic N) is 2. The number of carbonyl (C=O) groups excluding carboxylic acids is 2. The molecule has 1 aromatic heterocycles. The van der Waals surface area contributed by atoms with Crippen molar-refractivity contribution >= 4 is 17.8 Å². The molecule has 7 heteroatoms. The Kier molecular flexibility index (Phi) is 6.84. The lowest BCUT2D eigenvalue weighted by Gasteiger charge is -2.33. The normalized spacial score (nSPS) is 15.2. The Morgan fingerprint density at radius 2 is 2.04 bits per heavy atom. The van der Waals surface area contributed by atoms with Crippen molar-refractivity contribution in [3.05, 3.63) is 24.4 Å². The van der Waals surface area contributed by atoms with E-state index in [-0.39, 0.29) is 24.0 Å². The van der Waals surface area contributed by atoms with Gasteiger partial charge in [-0.3, -0.25) is 4.79 Å². The maximum absolute atomic E-state index is 11.9. The smallest absolute Gasteiger partial charge is 0.315 e. The molecule has 2 heterocycles. The maximum Gasteiger partial charge on any atom is 0.315 e. The van der Waals surface area contributed by atoms with Crippen LogP contribution in [0.25, 0.3) is 0 Å². The number of rotatable bonds is 6. The van der Waals surface area contributed by atoms with Crippen molar-refractivity contribution in [3.8, 4) is 0 Å². The molecular formula is C17H27N5O2. The third-order valence-electron chi connectivity index (χ3n) is 3.89. The molecule has 0 atom stereocenters. The molecule has 24 heavy (non-hydrogen) atoms. The predicted molar refractivity (Wildman–Crippen MR) is 93.9 cm³/mol. The minimum Gasteiger partial charge on any atom is -0.356 e. The van der Waals surface area contributed by atoms with E-state index in [1.807, 2.05) is 32.0 Å². The van der Waals surface area contributed by atoms with E-state index in [2.05, 4.69) is 25.8 Å². The van der Waals surface area contributed by atoms with Crippen LogP contribution in [0.4, 0.5) is 10.6 Å². The van der Waals surface area contributed by atoms with Crippen LogP contribution in [0.1, 0.15) is 33.1 Å². The molecule has 1 aliphatic heterocycles. The first-order chi connectivity index (χ1) is 11.5. The predicted octanol–water partition coefficient (Wildman–Crippen LogP) is 1.26. The van der Waals surface area contributed by atoms with Crippen LogP contribution in [-0.2, 0) is 4.79 Å². The quantitative estimate of drug-likeness (QED) is 0.732. The lowest BCUT2D eigenvalue weighted by Crippen LogP contribution is -2.48. The fourth-order valence-electron chi connectivity index (χ4n) is 2.71. The highest BCUT2D eigenvalue weighted by Gasteiger charge is 2.21. The highest BCUT2D eigenvalue weighted by atomic mass is 16.2. The number of aromatic nitrogens is 1. The molecule has 7 nitrogen and oxygen atoms in total. The molecule has 0 aromatic carbocycles. The van der Waals surface area contributed by atoms with Crippen LogP contribution in [0, 0.1) is 0 Å². The SMILES string of the molecule is CC(C)NC(=O)CCNC(=O)NC1CCN(c2ccccn2)CC1. The highest BCUT2D eigenvalue weighted by Crippen LogP contribution is 2.17. The van der Waals surface area contributed by atoms with Gasteiger partial charge in [0.05, 0.1) is 0 Å². The van der Waals surface area contributed by atoms with Gasteiger partial charge >= 0.3 is 6.03 Å². The summed E-state index contributed by atoms with van der Waals surface area (Å²) in [5.74, 6) is 0.936. The van der Waals surface area contributed by atoms with E-state index in [1.54, 1.807) is 6.20 Å². The van der Waals surface area contributed by atoms with E-state index < -0.39 is 0 Å². The van der Waals surface area contributed by atoms with Crippen molar-refractivity contribution < 1.29 is 9.59 Å². The van der Waals surface area contributed by atoms with Gasteiger partial charge in [-0.15, -0.1) is 0 Å². The molecule has 1 aromatic rings. The summed E-state index contributed by atoms with van der Waals surface area (Å²) in [6.45, 7) is 5.92. The number of hydrogen-bond acceptors (Lipinski definition) is 4. The third-order valence-corrected chi connectivity index (χ3v) is 3.89. The van der Waals surface area contributed by atoms with Crippen LogP contribution in [-0.4, -0.2) is 48.6 Å². The van der Waals surface area contributed by atoms with E-state index in [0.29, 0.717) is 13.0 Å². The maximum atomic E-state index is 11.9. The molecule has 0 aliphatic carbocycles. The topological polar surface area (TPSA) is 86.4 Å². The Hall–Kier alpha value is -2.31. The van der Waals surface area contributed by atoms with Gasteiger partial charge in [-0.2, -0.15) is 0 Å². The minimum atomic E-state index is -0.205. The van der Waals surface area contributed by atoms with Crippen molar-refractivity contribution in [2.75, 3.05) is 24.5 Å². The first kappa shape index (κ1) is 18.0. The van der Waals surface area contributed by atoms with E-state index in [4.69, 9.17) is 0 Å². The zero-order valence-electron chi connectivity index (χ0n) is 14.4. The molecule has 0 bridgehead atoms. The summed E-state index contributed by atoms with van der Waals surface area (Å²) in [6.07, 6.45) is 3.86. The van der Waals surface area contributed by atoms with Crippen molar-refractivity contribution in [1.29, 1.82) is 0 Å². The number of amides is 3. The van der Waals surface area contributed by atoms with E-state index in [9.17, 15) is 9.59 Å². The third kappa shape index (κ3) is 6.06. The Morgan fingerprint density at radius 1 is 1.29 bits per heavy atom. The fourth-order valence-corrected chi connectivity index (χ4v) is 2.71. The van der Waals surface area contributed by atoms with Crippen molar-refractivity contribution in [3.63, 3.8) is 0 Å². The second kappa shape index (κ2) is 9.10. The zero-order chi connectivity index (χ0) is 17.4. The van der Waals surface area contributed by atoms with Gasteiger partial charge in [0.1, 0.15) is 5.82 Å². The molecule has 0 radical (unpaired) electrons. The number of piperidine rings is 1. The lowest BCUT2D eigenvalue weighted by molar-refractivity contribution is -0.121. The van der Waals surface area contributed by atoms with Crippen LogP contribution in [0.3, 0.4) is 0 Å². The van der Waals surface area contributed by atoms with Crippen molar-refractivity contribution in [2.45, 2.75) is 45.2 Å². The largest absolute Gasteiger partial charge is 0.356 e. The van der Waals surface area contributed by atoms with Gasteiger partial charge in [0, 0.05) is 44.3 Å². The van der Waals surface area contributed by atoms with Gasteiger partial charge in [0.25, 0.3) is 0 Å². The average Bonchev–Trinajstić information content (AvgIpc) is 2.55. The van der Waals surface area contributed by atoms with Crippen LogP contribution in [0.15, 0.2) is 24.4 Å². The van der Waals surface area contributed by atoms with E-state index >= 15 is 0 Å². The van der Waals surface area contributed by atoms with Crippen molar-refractivity contribution in [2.24, 2.45) is 0 Å². The monoisotopic (exact) mass is 333 g/mol. The molecule has 1 aliphatic rings. The zero-order valence-corrected chi connectivity index (χ0v) is 14.4. The lowest BCUT2D eigenvalue weighted by atomic mass is 10.1. The number of hydrogen-bond donors (Lipinski definition) is 3. The summed E-state index contributed by atoms with van der Waals surface area (Å²) < 4.78 is 0.